The van der Waals surface area contributed by atoms with Gasteiger partial charge in [0, 0.05) is 34.9 Å². The zero-order chi connectivity index (χ0) is 30.2. The van der Waals surface area contributed by atoms with Gasteiger partial charge in [0.2, 0.25) is 4.96 Å². The van der Waals surface area contributed by atoms with E-state index in [4.69, 9.17) is 14.7 Å². The molecule has 5 aromatic heterocycles. The number of ether oxygens (including phenoxy) is 1. The SMILES string of the molecule is Cc1cnc(-c2[c-]c(Oc3[c-]c4c(cc3)c3ccccc3n4-c3cc(C(C)(C)C)ccn3)cc3c2sc2ncnn23)cc1C.[Pt+2]. The van der Waals surface area contributed by atoms with Gasteiger partial charge in [-0.25, -0.2) is 14.5 Å². The third kappa shape index (κ3) is 4.93. The predicted molar refractivity (Wildman–Crippen MR) is 176 cm³/mol. The number of pyridine rings is 2. The van der Waals surface area contributed by atoms with Crippen LogP contribution < -0.4 is 4.74 Å². The van der Waals surface area contributed by atoms with Crippen LogP contribution in [0.1, 0.15) is 37.5 Å². The van der Waals surface area contributed by atoms with E-state index < -0.39 is 0 Å². The summed E-state index contributed by atoms with van der Waals surface area (Å²) in [5, 5.41) is 6.68. The minimum Gasteiger partial charge on any atom is -0.503 e. The molecule has 0 saturated heterocycles. The van der Waals surface area contributed by atoms with Crippen molar-refractivity contribution in [2.45, 2.75) is 40.0 Å². The molecule has 0 aliphatic rings. The molecule has 0 atom stereocenters. The van der Waals surface area contributed by atoms with E-state index in [0.717, 1.165) is 65.2 Å². The Morgan fingerprint density at radius 3 is 2.49 bits per heavy atom. The van der Waals surface area contributed by atoms with Gasteiger partial charge in [0.15, 0.2) is 0 Å². The molecule has 45 heavy (non-hydrogen) atoms. The van der Waals surface area contributed by atoms with Crippen molar-refractivity contribution in [3.8, 4) is 28.6 Å². The average Bonchev–Trinajstić information content (AvgIpc) is 3.70. The number of aromatic nitrogens is 6. The summed E-state index contributed by atoms with van der Waals surface area (Å²) in [6.45, 7) is 10.8. The van der Waals surface area contributed by atoms with E-state index in [0.29, 0.717) is 11.5 Å². The van der Waals surface area contributed by atoms with E-state index in [-0.39, 0.29) is 26.5 Å². The van der Waals surface area contributed by atoms with Crippen molar-refractivity contribution in [2.24, 2.45) is 0 Å². The van der Waals surface area contributed by atoms with E-state index in [1.165, 1.54) is 5.56 Å². The normalized spacial score (nSPS) is 11.9. The van der Waals surface area contributed by atoms with Crippen LogP contribution in [0, 0.1) is 26.0 Å². The Hall–Kier alpha value is -4.39. The van der Waals surface area contributed by atoms with Crippen LogP contribution in [0.15, 0.2) is 79.4 Å². The van der Waals surface area contributed by atoms with Crippen molar-refractivity contribution >= 4 is 48.3 Å². The second-order valence-electron chi connectivity index (χ2n) is 12.1. The predicted octanol–water partition coefficient (Wildman–Crippen LogP) is 8.80. The molecular formula is C36H28N6OPtS. The molecule has 9 heteroatoms. The molecule has 7 nitrogen and oxygen atoms in total. The molecule has 0 aliphatic heterocycles. The smallest absolute Gasteiger partial charge is 0.503 e. The van der Waals surface area contributed by atoms with Crippen molar-refractivity contribution in [1.82, 2.24) is 29.1 Å². The van der Waals surface area contributed by atoms with Crippen LogP contribution >= 0.6 is 11.3 Å². The fourth-order valence-electron chi connectivity index (χ4n) is 5.65. The van der Waals surface area contributed by atoms with Crippen LogP contribution in [0.3, 0.4) is 0 Å². The van der Waals surface area contributed by atoms with Crippen LogP contribution in [-0.2, 0) is 26.5 Å². The van der Waals surface area contributed by atoms with E-state index in [2.05, 4.69) is 110 Å². The van der Waals surface area contributed by atoms with E-state index in [1.807, 2.05) is 29.0 Å². The number of nitrogens with zero attached hydrogens (tertiary/aromatic N) is 6. The van der Waals surface area contributed by atoms with Crippen molar-refractivity contribution in [3.63, 3.8) is 0 Å². The molecule has 0 amide bonds. The number of hydrogen-bond donors (Lipinski definition) is 0. The fourth-order valence-corrected chi connectivity index (χ4v) is 6.67. The maximum atomic E-state index is 6.54. The molecule has 8 aromatic rings. The molecule has 0 aliphatic carbocycles. The quantitative estimate of drug-likeness (QED) is 0.167. The number of rotatable bonds is 4. The third-order valence-electron chi connectivity index (χ3n) is 8.16. The van der Waals surface area contributed by atoms with Crippen molar-refractivity contribution in [1.29, 1.82) is 0 Å². The van der Waals surface area contributed by atoms with Crippen molar-refractivity contribution in [2.75, 3.05) is 0 Å². The largest absolute Gasteiger partial charge is 2.00 e. The van der Waals surface area contributed by atoms with Gasteiger partial charge in [0.05, 0.1) is 0 Å². The summed E-state index contributed by atoms with van der Waals surface area (Å²) in [5.74, 6) is 1.97. The Morgan fingerprint density at radius 1 is 0.822 bits per heavy atom. The van der Waals surface area contributed by atoms with Crippen LogP contribution in [0.4, 0.5) is 0 Å². The monoisotopic (exact) mass is 787 g/mol. The summed E-state index contributed by atoms with van der Waals surface area (Å²) in [6, 6.07) is 27.8. The van der Waals surface area contributed by atoms with Gasteiger partial charge in [0.25, 0.3) is 0 Å². The van der Waals surface area contributed by atoms with E-state index in [9.17, 15) is 0 Å². The number of aryl methyl sites for hydroxylation is 2. The second kappa shape index (κ2) is 10.9. The molecule has 0 unspecified atom stereocenters. The van der Waals surface area contributed by atoms with Gasteiger partial charge < -0.3 is 14.3 Å². The first-order valence-corrected chi connectivity index (χ1v) is 15.3. The molecule has 0 N–H and O–H groups in total. The van der Waals surface area contributed by atoms with Gasteiger partial charge in [-0.3, -0.25) is 0 Å². The molecule has 8 rings (SSSR count). The Kier molecular flexibility index (Phi) is 7.10. The first-order chi connectivity index (χ1) is 21.2. The minimum atomic E-state index is -0.0113. The average molecular weight is 788 g/mol. The second-order valence-corrected chi connectivity index (χ2v) is 13.1. The molecule has 0 saturated carbocycles. The summed E-state index contributed by atoms with van der Waals surface area (Å²) < 4.78 is 11.6. The van der Waals surface area contributed by atoms with Crippen molar-refractivity contribution < 1.29 is 25.8 Å². The summed E-state index contributed by atoms with van der Waals surface area (Å²) >= 11 is 1.57. The maximum absolute atomic E-state index is 6.54. The van der Waals surface area contributed by atoms with Crippen LogP contribution in [0.2, 0.25) is 0 Å². The van der Waals surface area contributed by atoms with Gasteiger partial charge in [-0.05, 0) is 64.4 Å². The number of fused-ring (bicyclic) bond motifs is 6. The topological polar surface area (TPSA) is 70.1 Å². The number of benzene rings is 3. The zero-order valence-electron chi connectivity index (χ0n) is 25.3. The third-order valence-corrected chi connectivity index (χ3v) is 9.24. The molecule has 0 spiro atoms. The van der Waals surface area contributed by atoms with Gasteiger partial charge >= 0.3 is 21.1 Å². The molecule has 0 bridgehead atoms. The van der Waals surface area contributed by atoms with Gasteiger partial charge in [-0.15, -0.1) is 34.4 Å². The minimum absolute atomic E-state index is 0. The molecule has 0 fully saturated rings. The first-order valence-electron chi connectivity index (χ1n) is 14.5. The Morgan fingerprint density at radius 2 is 1.67 bits per heavy atom. The van der Waals surface area contributed by atoms with Gasteiger partial charge in [-0.1, -0.05) is 68.2 Å². The fraction of sp³-hybridized carbons (Fsp3) is 0.167. The summed E-state index contributed by atoms with van der Waals surface area (Å²) in [6.07, 6.45) is 5.35. The van der Waals surface area contributed by atoms with E-state index >= 15 is 0 Å². The van der Waals surface area contributed by atoms with E-state index in [1.54, 1.807) is 17.7 Å². The molecule has 5 heterocycles. The summed E-state index contributed by atoms with van der Waals surface area (Å²) in [4.78, 5) is 14.8. The molecular weight excluding hydrogens is 760 g/mol. The van der Waals surface area contributed by atoms with Crippen LogP contribution in [0.5, 0.6) is 11.5 Å². The first kappa shape index (κ1) is 29.3. The number of hydrogen-bond acceptors (Lipinski definition) is 6. The Labute approximate surface area is 278 Å². The van der Waals surface area contributed by atoms with Crippen LogP contribution in [0.25, 0.3) is 54.1 Å². The van der Waals surface area contributed by atoms with Gasteiger partial charge in [-0.2, -0.15) is 11.2 Å². The molecule has 0 radical (unpaired) electrons. The Bertz CT molecular complexity index is 2400. The summed E-state index contributed by atoms with van der Waals surface area (Å²) in [5.41, 5.74) is 8.05. The molecule has 3 aromatic carbocycles. The maximum Gasteiger partial charge on any atom is 2.00 e. The Balaban J connectivity index is 0.00000325. The number of thiazole rings is 1. The number of para-hydroxylation sites is 1. The van der Waals surface area contributed by atoms with Crippen molar-refractivity contribution in [3.05, 3.63) is 108 Å². The zero-order valence-corrected chi connectivity index (χ0v) is 28.4. The standard InChI is InChI=1S/C36H28N6OS.Pt/c1-21-14-29(38-19-22(21)2)28-16-25(18-32-34(28)44-35-39-20-40-42(32)35)43-24-10-11-27-26-8-6-7-9-30(26)41(31(27)17-24)33-15-23(12-13-37-33)36(3,4)5;/h6-15,18-20H,1-5H3;/q-2;+2. The van der Waals surface area contributed by atoms with Crippen LogP contribution in [-0.4, -0.2) is 29.1 Å². The van der Waals surface area contributed by atoms with Gasteiger partial charge in [0.1, 0.15) is 12.1 Å². The molecule has 224 valence electrons. The summed E-state index contributed by atoms with van der Waals surface area (Å²) in [7, 11) is 0.